The van der Waals surface area contributed by atoms with Crippen molar-refractivity contribution in [1.82, 2.24) is 15.3 Å². The zero-order chi connectivity index (χ0) is 13.4. The molecule has 0 aliphatic carbocycles. The van der Waals surface area contributed by atoms with Gasteiger partial charge in [-0.25, -0.2) is 14.4 Å². The van der Waals surface area contributed by atoms with Gasteiger partial charge < -0.3 is 5.32 Å². The molecule has 0 atom stereocenters. The Morgan fingerprint density at radius 2 is 2.16 bits per heavy atom. The fourth-order valence-corrected chi connectivity index (χ4v) is 2.85. The Kier molecular flexibility index (Phi) is 3.33. The maximum atomic E-state index is 13.1. The highest BCUT2D eigenvalue weighted by molar-refractivity contribution is 9.10. The van der Waals surface area contributed by atoms with Gasteiger partial charge in [0, 0.05) is 34.4 Å². The zero-order valence-electron chi connectivity index (χ0n) is 10.5. The van der Waals surface area contributed by atoms with E-state index < -0.39 is 0 Å². The van der Waals surface area contributed by atoms with Crippen molar-refractivity contribution in [3.05, 3.63) is 45.4 Å². The summed E-state index contributed by atoms with van der Waals surface area (Å²) in [6, 6.07) is 4.58. The number of halogens is 2. The maximum absolute atomic E-state index is 13.1. The molecule has 5 heteroatoms. The molecule has 0 saturated heterocycles. The molecule has 1 N–H and O–H groups in total. The number of rotatable bonds is 2. The second-order valence-electron chi connectivity index (χ2n) is 4.50. The Balaban J connectivity index is 2.15. The standard InChI is InChI=1S/C14H13BrFN3/c1-2-12-10-6-17-7-13(10)19-14(18-12)9-4-3-8(16)5-11(9)15/h3-5,17H,2,6-7H2,1H3. The van der Waals surface area contributed by atoms with Crippen molar-refractivity contribution in [2.75, 3.05) is 0 Å². The molecule has 3 nitrogen and oxygen atoms in total. The van der Waals surface area contributed by atoms with Gasteiger partial charge in [0.1, 0.15) is 5.82 Å². The van der Waals surface area contributed by atoms with Crippen molar-refractivity contribution in [3.8, 4) is 11.4 Å². The first-order valence-electron chi connectivity index (χ1n) is 6.24. The largest absolute Gasteiger partial charge is 0.307 e. The molecule has 0 radical (unpaired) electrons. The lowest BCUT2D eigenvalue weighted by Gasteiger charge is -2.09. The van der Waals surface area contributed by atoms with Crippen LogP contribution in [0.2, 0.25) is 0 Å². The number of aromatic nitrogens is 2. The summed E-state index contributed by atoms with van der Waals surface area (Å²) in [7, 11) is 0. The highest BCUT2D eigenvalue weighted by Crippen LogP contribution is 2.28. The van der Waals surface area contributed by atoms with Gasteiger partial charge in [-0.05, 0) is 40.5 Å². The Hall–Kier alpha value is -1.33. The van der Waals surface area contributed by atoms with E-state index in [9.17, 15) is 4.39 Å². The van der Waals surface area contributed by atoms with Crippen molar-refractivity contribution >= 4 is 15.9 Å². The number of benzene rings is 1. The Labute approximate surface area is 119 Å². The monoisotopic (exact) mass is 321 g/mol. The molecule has 3 rings (SSSR count). The number of hydrogen-bond donors (Lipinski definition) is 1. The first-order valence-corrected chi connectivity index (χ1v) is 7.03. The summed E-state index contributed by atoms with van der Waals surface area (Å²) in [5, 5.41) is 3.29. The average Bonchev–Trinajstić information content (AvgIpc) is 2.85. The van der Waals surface area contributed by atoms with Crippen molar-refractivity contribution in [1.29, 1.82) is 0 Å². The number of nitrogens with zero attached hydrogens (tertiary/aromatic N) is 2. The van der Waals surface area contributed by atoms with Gasteiger partial charge in [-0.15, -0.1) is 0 Å². The van der Waals surface area contributed by atoms with E-state index in [1.807, 2.05) is 0 Å². The summed E-state index contributed by atoms with van der Waals surface area (Å²) in [5.41, 5.74) is 4.16. The Morgan fingerprint density at radius 1 is 1.32 bits per heavy atom. The predicted octanol–water partition coefficient (Wildman–Crippen LogP) is 3.21. The SMILES string of the molecule is CCc1nc(-c2ccc(F)cc2Br)nc2c1CNC2. The molecule has 1 aromatic carbocycles. The summed E-state index contributed by atoms with van der Waals surface area (Å²) < 4.78 is 13.8. The quantitative estimate of drug-likeness (QED) is 0.923. The van der Waals surface area contributed by atoms with E-state index in [1.165, 1.54) is 17.7 Å². The zero-order valence-corrected chi connectivity index (χ0v) is 12.1. The number of hydrogen-bond acceptors (Lipinski definition) is 3. The minimum Gasteiger partial charge on any atom is -0.307 e. The van der Waals surface area contributed by atoms with Gasteiger partial charge in [-0.1, -0.05) is 6.92 Å². The first kappa shape index (κ1) is 12.7. The van der Waals surface area contributed by atoms with E-state index in [4.69, 9.17) is 0 Å². The first-order chi connectivity index (χ1) is 9.19. The molecule has 0 saturated carbocycles. The predicted molar refractivity (Wildman–Crippen MR) is 75.0 cm³/mol. The van der Waals surface area contributed by atoms with E-state index in [2.05, 4.69) is 38.1 Å². The molecule has 1 aliphatic heterocycles. The smallest absolute Gasteiger partial charge is 0.160 e. The third-order valence-electron chi connectivity index (χ3n) is 3.28. The van der Waals surface area contributed by atoms with E-state index in [0.717, 1.165) is 36.5 Å². The molecule has 2 heterocycles. The molecule has 0 bridgehead atoms. The van der Waals surface area contributed by atoms with Crippen LogP contribution in [0.1, 0.15) is 23.9 Å². The molecule has 0 unspecified atom stereocenters. The number of aryl methyl sites for hydroxylation is 1. The van der Waals surface area contributed by atoms with E-state index in [1.54, 1.807) is 6.07 Å². The number of nitrogens with one attached hydrogen (secondary N) is 1. The van der Waals surface area contributed by atoms with Crippen molar-refractivity contribution < 1.29 is 4.39 Å². The molecular formula is C14H13BrFN3. The van der Waals surface area contributed by atoms with Crippen LogP contribution >= 0.6 is 15.9 Å². The normalized spacial score (nSPS) is 13.6. The highest BCUT2D eigenvalue weighted by atomic mass is 79.9. The third-order valence-corrected chi connectivity index (χ3v) is 3.94. The lowest BCUT2D eigenvalue weighted by atomic mass is 10.1. The van der Waals surface area contributed by atoms with Gasteiger partial charge >= 0.3 is 0 Å². The van der Waals surface area contributed by atoms with Crippen LogP contribution in [-0.2, 0) is 19.5 Å². The van der Waals surface area contributed by atoms with Crippen molar-refractivity contribution in [3.63, 3.8) is 0 Å². The lowest BCUT2D eigenvalue weighted by Crippen LogP contribution is -2.03. The molecule has 19 heavy (non-hydrogen) atoms. The number of fused-ring (bicyclic) bond motifs is 1. The average molecular weight is 322 g/mol. The summed E-state index contributed by atoms with van der Waals surface area (Å²) in [6.07, 6.45) is 0.873. The van der Waals surface area contributed by atoms with Crippen LogP contribution < -0.4 is 5.32 Å². The van der Waals surface area contributed by atoms with E-state index in [0.29, 0.717) is 10.3 Å². The van der Waals surface area contributed by atoms with Crippen LogP contribution in [0.15, 0.2) is 22.7 Å². The van der Waals surface area contributed by atoms with Gasteiger partial charge in [-0.2, -0.15) is 0 Å². The fraction of sp³-hybridized carbons (Fsp3) is 0.286. The van der Waals surface area contributed by atoms with E-state index >= 15 is 0 Å². The summed E-state index contributed by atoms with van der Waals surface area (Å²) in [5.74, 6) is 0.389. The molecule has 2 aromatic rings. The van der Waals surface area contributed by atoms with Crippen LogP contribution in [0.3, 0.4) is 0 Å². The Morgan fingerprint density at radius 3 is 2.89 bits per heavy atom. The molecule has 0 amide bonds. The molecule has 98 valence electrons. The highest BCUT2D eigenvalue weighted by Gasteiger charge is 2.19. The van der Waals surface area contributed by atoms with Crippen molar-refractivity contribution in [2.24, 2.45) is 0 Å². The molecular weight excluding hydrogens is 309 g/mol. The Bertz CT molecular complexity index is 643. The molecule has 0 spiro atoms. The molecule has 0 fully saturated rings. The molecule has 1 aromatic heterocycles. The van der Waals surface area contributed by atoms with Gasteiger partial charge in [0.05, 0.1) is 5.69 Å². The van der Waals surface area contributed by atoms with Crippen LogP contribution in [-0.4, -0.2) is 9.97 Å². The van der Waals surface area contributed by atoms with Gasteiger partial charge in [0.2, 0.25) is 0 Å². The third kappa shape index (κ3) is 2.28. The lowest BCUT2D eigenvalue weighted by molar-refractivity contribution is 0.627. The van der Waals surface area contributed by atoms with Crippen LogP contribution in [0, 0.1) is 5.82 Å². The van der Waals surface area contributed by atoms with Crippen molar-refractivity contribution in [2.45, 2.75) is 26.4 Å². The maximum Gasteiger partial charge on any atom is 0.160 e. The van der Waals surface area contributed by atoms with Crippen LogP contribution in [0.5, 0.6) is 0 Å². The van der Waals surface area contributed by atoms with Gasteiger partial charge in [0.25, 0.3) is 0 Å². The summed E-state index contributed by atoms with van der Waals surface area (Å²) in [4.78, 5) is 9.22. The minimum atomic E-state index is -0.269. The second-order valence-corrected chi connectivity index (χ2v) is 5.35. The van der Waals surface area contributed by atoms with Crippen LogP contribution in [0.4, 0.5) is 4.39 Å². The van der Waals surface area contributed by atoms with Crippen LogP contribution in [0.25, 0.3) is 11.4 Å². The minimum absolute atomic E-state index is 0.269. The van der Waals surface area contributed by atoms with Gasteiger partial charge in [-0.3, -0.25) is 0 Å². The second kappa shape index (κ2) is 4.98. The fourth-order valence-electron chi connectivity index (χ4n) is 2.32. The summed E-state index contributed by atoms with van der Waals surface area (Å²) >= 11 is 3.38. The molecule has 1 aliphatic rings. The summed E-state index contributed by atoms with van der Waals surface area (Å²) in [6.45, 7) is 3.70. The topological polar surface area (TPSA) is 37.8 Å². The van der Waals surface area contributed by atoms with Gasteiger partial charge in [0.15, 0.2) is 5.82 Å². The van der Waals surface area contributed by atoms with E-state index in [-0.39, 0.29) is 5.82 Å².